The summed E-state index contributed by atoms with van der Waals surface area (Å²) >= 11 is 0. The van der Waals surface area contributed by atoms with Crippen molar-refractivity contribution in [3.8, 4) is 0 Å². The normalized spacial score (nSPS) is 29.6. The fourth-order valence-electron chi connectivity index (χ4n) is 3.13. The van der Waals surface area contributed by atoms with Crippen molar-refractivity contribution in [2.45, 2.75) is 61.3 Å². The molecule has 2 amide bonds. The number of nitrogens with zero attached hydrogens (tertiary/aromatic N) is 1. The third-order valence-corrected chi connectivity index (χ3v) is 5.38. The molecule has 0 bridgehead atoms. The van der Waals surface area contributed by atoms with Crippen molar-refractivity contribution in [1.29, 1.82) is 0 Å². The van der Waals surface area contributed by atoms with Crippen LogP contribution in [0.15, 0.2) is 0 Å². The monoisotopic (exact) mass is 267 g/mol. The van der Waals surface area contributed by atoms with Crippen LogP contribution in [0.25, 0.3) is 0 Å². The second kappa shape index (κ2) is 5.26. The molecule has 1 aliphatic rings. The average molecular weight is 267 g/mol. The molecule has 0 aliphatic heterocycles. The lowest BCUT2D eigenvalue weighted by atomic mass is 9.65. The third kappa shape index (κ3) is 2.70. The zero-order valence-corrected chi connectivity index (χ0v) is 13.5. The maximum absolute atomic E-state index is 12.9. The number of imide groups is 1. The van der Waals surface area contributed by atoms with E-state index in [1.165, 1.54) is 11.8 Å². The maximum Gasteiger partial charge on any atom is 0.235 e. The highest BCUT2D eigenvalue weighted by atomic mass is 16.2. The van der Waals surface area contributed by atoms with Crippen LogP contribution in [0.2, 0.25) is 0 Å². The van der Waals surface area contributed by atoms with E-state index in [1.54, 1.807) is 0 Å². The lowest BCUT2D eigenvalue weighted by Gasteiger charge is -2.42. The van der Waals surface area contributed by atoms with Crippen LogP contribution in [0.3, 0.4) is 0 Å². The van der Waals surface area contributed by atoms with Crippen LogP contribution in [-0.4, -0.2) is 23.3 Å². The van der Waals surface area contributed by atoms with Crippen LogP contribution in [-0.2, 0) is 9.59 Å². The molecule has 2 unspecified atom stereocenters. The Hall–Kier alpha value is -0.860. The van der Waals surface area contributed by atoms with Crippen molar-refractivity contribution in [3.63, 3.8) is 0 Å². The van der Waals surface area contributed by atoms with Crippen LogP contribution < -0.4 is 0 Å². The molecule has 1 saturated carbocycles. The van der Waals surface area contributed by atoms with Gasteiger partial charge in [0.15, 0.2) is 0 Å². The molecule has 0 N–H and O–H groups in total. The van der Waals surface area contributed by atoms with E-state index in [0.29, 0.717) is 18.4 Å². The molecule has 3 heteroatoms. The minimum absolute atomic E-state index is 0.0167. The molecule has 1 rings (SSSR count). The zero-order chi connectivity index (χ0) is 15.0. The largest absolute Gasteiger partial charge is 0.282 e. The maximum atomic E-state index is 12.9. The van der Waals surface area contributed by atoms with Gasteiger partial charge in [-0.25, -0.2) is 0 Å². The van der Waals surface area contributed by atoms with Crippen molar-refractivity contribution in [2.24, 2.45) is 22.7 Å². The molecule has 0 aromatic carbocycles. The first kappa shape index (κ1) is 16.2. The molecular formula is C16H29NO2. The Morgan fingerprint density at radius 2 is 1.79 bits per heavy atom. The minimum atomic E-state index is -0.424. The van der Waals surface area contributed by atoms with Gasteiger partial charge in [-0.1, -0.05) is 41.5 Å². The second-order valence-corrected chi connectivity index (χ2v) is 7.32. The summed E-state index contributed by atoms with van der Waals surface area (Å²) < 4.78 is 0. The van der Waals surface area contributed by atoms with Crippen molar-refractivity contribution in [2.75, 3.05) is 6.54 Å². The number of amides is 2. The van der Waals surface area contributed by atoms with Crippen LogP contribution in [0, 0.1) is 22.7 Å². The van der Waals surface area contributed by atoms with E-state index in [9.17, 15) is 9.59 Å². The molecule has 0 spiro atoms. The van der Waals surface area contributed by atoms with E-state index < -0.39 is 5.41 Å². The van der Waals surface area contributed by atoms with Gasteiger partial charge in [0.25, 0.3) is 0 Å². The molecule has 1 fully saturated rings. The quantitative estimate of drug-likeness (QED) is 0.785. The fourth-order valence-corrected chi connectivity index (χ4v) is 3.13. The van der Waals surface area contributed by atoms with Gasteiger partial charge < -0.3 is 0 Å². The molecule has 1 aliphatic carbocycles. The first-order chi connectivity index (χ1) is 8.54. The van der Waals surface area contributed by atoms with E-state index in [2.05, 4.69) is 20.8 Å². The van der Waals surface area contributed by atoms with Gasteiger partial charge in [-0.15, -0.1) is 0 Å². The minimum Gasteiger partial charge on any atom is -0.282 e. The smallest absolute Gasteiger partial charge is 0.235 e. The van der Waals surface area contributed by atoms with Gasteiger partial charge >= 0.3 is 0 Å². The van der Waals surface area contributed by atoms with Crippen LogP contribution in [0.4, 0.5) is 0 Å². The molecule has 110 valence electrons. The Morgan fingerprint density at radius 1 is 1.26 bits per heavy atom. The van der Waals surface area contributed by atoms with E-state index in [0.717, 1.165) is 12.8 Å². The number of carbonyl (C=O) groups excluding carboxylic acids is 2. The Balaban J connectivity index is 3.06. The average Bonchev–Trinajstić information content (AvgIpc) is 2.49. The first-order valence-corrected chi connectivity index (χ1v) is 7.36. The standard InChI is InChI=1S/C16H29NO2/c1-11(2)10-17(13(4)18)14(19)16(7)9-8-12(3)15(16,5)6/h11-12H,8-10H2,1-7H3. The molecule has 0 heterocycles. The number of carbonyl (C=O) groups is 2. The highest BCUT2D eigenvalue weighted by Gasteiger charge is 2.55. The molecule has 2 atom stereocenters. The Kier molecular flexibility index (Phi) is 4.48. The molecule has 3 nitrogen and oxygen atoms in total. The van der Waals surface area contributed by atoms with E-state index in [-0.39, 0.29) is 17.2 Å². The van der Waals surface area contributed by atoms with Crippen molar-refractivity contribution in [1.82, 2.24) is 4.90 Å². The summed E-state index contributed by atoms with van der Waals surface area (Å²) in [6.45, 7) is 14.7. The van der Waals surface area contributed by atoms with E-state index in [4.69, 9.17) is 0 Å². The SMILES string of the molecule is CC(=O)N(CC(C)C)C(=O)C1(C)CCC(C)C1(C)C. The highest BCUT2D eigenvalue weighted by Crippen LogP contribution is 2.56. The van der Waals surface area contributed by atoms with Gasteiger partial charge in [0.05, 0.1) is 5.41 Å². The van der Waals surface area contributed by atoms with Gasteiger partial charge in [-0.05, 0) is 30.1 Å². The number of hydrogen-bond acceptors (Lipinski definition) is 2. The summed E-state index contributed by atoms with van der Waals surface area (Å²) in [7, 11) is 0. The highest BCUT2D eigenvalue weighted by molar-refractivity contribution is 5.97. The zero-order valence-electron chi connectivity index (χ0n) is 13.5. The van der Waals surface area contributed by atoms with Gasteiger partial charge in [-0.3, -0.25) is 14.5 Å². The summed E-state index contributed by atoms with van der Waals surface area (Å²) in [5, 5.41) is 0. The molecule has 19 heavy (non-hydrogen) atoms. The van der Waals surface area contributed by atoms with Crippen molar-refractivity contribution >= 4 is 11.8 Å². The Labute approximate surface area is 117 Å². The molecule has 0 radical (unpaired) electrons. The first-order valence-electron chi connectivity index (χ1n) is 7.36. The van der Waals surface area contributed by atoms with Gasteiger partial charge in [0, 0.05) is 13.5 Å². The predicted octanol–water partition coefficient (Wildman–Crippen LogP) is 3.48. The molecule has 0 aromatic heterocycles. The summed E-state index contributed by atoms with van der Waals surface area (Å²) in [6, 6.07) is 0. The predicted molar refractivity (Wildman–Crippen MR) is 77.5 cm³/mol. The van der Waals surface area contributed by atoms with Crippen LogP contribution in [0.5, 0.6) is 0 Å². The van der Waals surface area contributed by atoms with Crippen molar-refractivity contribution in [3.05, 3.63) is 0 Å². The van der Waals surface area contributed by atoms with Gasteiger partial charge in [0.2, 0.25) is 11.8 Å². The Morgan fingerprint density at radius 3 is 2.11 bits per heavy atom. The number of hydrogen-bond donors (Lipinski definition) is 0. The van der Waals surface area contributed by atoms with Gasteiger partial charge in [0.1, 0.15) is 0 Å². The number of rotatable bonds is 3. The summed E-state index contributed by atoms with van der Waals surface area (Å²) in [4.78, 5) is 26.2. The fraction of sp³-hybridized carbons (Fsp3) is 0.875. The third-order valence-electron chi connectivity index (χ3n) is 5.38. The van der Waals surface area contributed by atoms with E-state index in [1.807, 2.05) is 20.8 Å². The lowest BCUT2D eigenvalue weighted by Crippen LogP contribution is -2.51. The molecular weight excluding hydrogens is 238 g/mol. The van der Waals surface area contributed by atoms with Crippen molar-refractivity contribution < 1.29 is 9.59 Å². The Bertz CT molecular complexity index is 373. The van der Waals surface area contributed by atoms with Crippen LogP contribution in [0.1, 0.15) is 61.3 Å². The summed E-state index contributed by atoms with van der Waals surface area (Å²) in [6.07, 6.45) is 1.94. The topological polar surface area (TPSA) is 37.4 Å². The van der Waals surface area contributed by atoms with Crippen LogP contribution >= 0.6 is 0 Å². The molecule has 0 saturated heterocycles. The molecule has 0 aromatic rings. The summed E-state index contributed by atoms with van der Waals surface area (Å²) in [5.74, 6) is 0.700. The lowest BCUT2D eigenvalue weighted by molar-refractivity contribution is -0.155. The van der Waals surface area contributed by atoms with E-state index >= 15 is 0 Å². The second-order valence-electron chi connectivity index (χ2n) is 7.32. The summed E-state index contributed by atoms with van der Waals surface area (Å²) in [5.41, 5.74) is -0.484. The van der Waals surface area contributed by atoms with Gasteiger partial charge in [-0.2, -0.15) is 0 Å².